The van der Waals surface area contributed by atoms with Crippen LogP contribution in [0.5, 0.6) is 5.88 Å². The maximum absolute atomic E-state index is 11.9. The fourth-order valence-electron chi connectivity index (χ4n) is 1.27. The van der Waals surface area contributed by atoms with Crippen molar-refractivity contribution < 1.29 is 23.1 Å². The van der Waals surface area contributed by atoms with Crippen LogP contribution >= 0.6 is 0 Å². The summed E-state index contributed by atoms with van der Waals surface area (Å²) in [5.74, 6) is -0.663. The monoisotopic (exact) mass is 303 g/mol. The summed E-state index contributed by atoms with van der Waals surface area (Å²) in [6, 6.07) is 3.05. The van der Waals surface area contributed by atoms with Gasteiger partial charge in [0.2, 0.25) is 5.88 Å². The van der Waals surface area contributed by atoms with Gasteiger partial charge in [-0.25, -0.2) is 4.98 Å². The summed E-state index contributed by atoms with van der Waals surface area (Å²) < 4.78 is 32.1. The lowest BCUT2D eigenvalue weighted by molar-refractivity contribution is -0.137. The Bertz CT molecular complexity index is 544. The Balaban J connectivity index is 2.67. The summed E-state index contributed by atoms with van der Waals surface area (Å²) in [6.45, 7) is 2.17. The summed E-state index contributed by atoms with van der Waals surface area (Å²) in [4.78, 5) is 14.3. The number of hydrogen-bond donors (Lipinski definition) is 2. The smallest absolute Gasteiger partial charge is 0.304 e. The first-order chi connectivity index (χ1) is 9.35. The van der Waals surface area contributed by atoms with Crippen LogP contribution in [0.1, 0.15) is 13.3 Å². The van der Waals surface area contributed by atoms with Crippen LogP contribution < -0.4 is 9.46 Å². The third-order valence-electron chi connectivity index (χ3n) is 2.33. The minimum Gasteiger partial charge on any atom is -0.481 e. The van der Waals surface area contributed by atoms with Crippen molar-refractivity contribution in [3.05, 3.63) is 18.3 Å². The first kappa shape index (κ1) is 16.2. The van der Waals surface area contributed by atoms with Crippen molar-refractivity contribution >= 4 is 21.9 Å². The van der Waals surface area contributed by atoms with E-state index in [4.69, 9.17) is 9.84 Å². The van der Waals surface area contributed by atoms with Crippen molar-refractivity contribution in [2.24, 2.45) is 0 Å². The van der Waals surface area contributed by atoms with E-state index in [1.54, 1.807) is 6.07 Å². The van der Waals surface area contributed by atoms with E-state index in [1.165, 1.54) is 19.3 Å². The maximum Gasteiger partial charge on any atom is 0.304 e. The Morgan fingerprint density at radius 3 is 2.70 bits per heavy atom. The third-order valence-corrected chi connectivity index (χ3v) is 3.82. The molecule has 2 N–H and O–H groups in total. The van der Waals surface area contributed by atoms with Gasteiger partial charge in [-0.3, -0.25) is 9.52 Å². The highest BCUT2D eigenvalue weighted by molar-refractivity contribution is 7.90. The van der Waals surface area contributed by atoms with E-state index < -0.39 is 16.2 Å². The van der Waals surface area contributed by atoms with Crippen molar-refractivity contribution in [2.45, 2.75) is 13.3 Å². The minimum absolute atomic E-state index is 0.116. The Morgan fingerprint density at radius 2 is 2.20 bits per heavy atom. The quantitative estimate of drug-likeness (QED) is 0.725. The molecule has 9 heteroatoms. The second-order valence-electron chi connectivity index (χ2n) is 3.89. The average molecular weight is 303 g/mol. The Kier molecular flexibility index (Phi) is 5.71. The van der Waals surface area contributed by atoms with Crippen LogP contribution in [-0.4, -0.2) is 49.0 Å². The van der Waals surface area contributed by atoms with Gasteiger partial charge in [-0.2, -0.15) is 12.7 Å². The first-order valence-corrected chi connectivity index (χ1v) is 7.34. The molecule has 1 rings (SSSR count). The van der Waals surface area contributed by atoms with Gasteiger partial charge >= 0.3 is 16.2 Å². The largest absolute Gasteiger partial charge is 0.481 e. The SMILES string of the molecule is CCOc1ccc(NS(=O)(=O)N(C)CCC(=O)O)cn1. The summed E-state index contributed by atoms with van der Waals surface area (Å²) in [7, 11) is -2.50. The zero-order chi connectivity index (χ0) is 15.2. The average Bonchev–Trinajstić information content (AvgIpc) is 2.38. The number of anilines is 1. The van der Waals surface area contributed by atoms with Gasteiger partial charge in [0.15, 0.2) is 0 Å². The normalized spacial score (nSPS) is 11.3. The molecule has 0 aliphatic carbocycles. The zero-order valence-corrected chi connectivity index (χ0v) is 12.1. The van der Waals surface area contributed by atoms with E-state index in [0.29, 0.717) is 12.5 Å². The second kappa shape index (κ2) is 7.06. The van der Waals surface area contributed by atoms with Gasteiger partial charge in [-0.1, -0.05) is 0 Å². The topological polar surface area (TPSA) is 109 Å². The molecular formula is C11H17N3O5S. The lowest BCUT2D eigenvalue weighted by atomic mass is 10.4. The molecule has 1 aromatic rings. The van der Waals surface area contributed by atoms with Gasteiger partial charge in [0.25, 0.3) is 0 Å². The van der Waals surface area contributed by atoms with E-state index in [0.717, 1.165) is 4.31 Å². The molecule has 1 aromatic heterocycles. The van der Waals surface area contributed by atoms with Gasteiger partial charge in [-0.15, -0.1) is 0 Å². The first-order valence-electron chi connectivity index (χ1n) is 5.90. The zero-order valence-electron chi connectivity index (χ0n) is 11.2. The Morgan fingerprint density at radius 1 is 1.50 bits per heavy atom. The number of aliphatic carboxylic acids is 1. The summed E-state index contributed by atoms with van der Waals surface area (Å²) in [5, 5.41) is 8.53. The number of hydrogen-bond acceptors (Lipinski definition) is 5. The number of pyridine rings is 1. The molecule has 0 saturated heterocycles. The molecule has 0 radical (unpaired) electrons. The van der Waals surface area contributed by atoms with E-state index in [2.05, 4.69) is 9.71 Å². The van der Waals surface area contributed by atoms with Crippen molar-refractivity contribution in [3.8, 4) is 5.88 Å². The van der Waals surface area contributed by atoms with E-state index >= 15 is 0 Å². The molecule has 0 saturated carbocycles. The summed E-state index contributed by atoms with van der Waals surface area (Å²) in [6.07, 6.45) is 1.06. The number of ether oxygens (including phenoxy) is 1. The third kappa shape index (κ3) is 5.02. The van der Waals surface area contributed by atoms with E-state index in [9.17, 15) is 13.2 Å². The number of aromatic nitrogens is 1. The predicted octanol–water partition coefficient (Wildman–Crippen LogP) is 0.543. The number of carbonyl (C=O) groups is 1. The molecule has 0 bridgehead atoms. The number of rotatable bonds is 8. The molecule has 0 atom stereocenters. The number of carboxylic acid groups (broad SMARTS) is 1. The lowest BCUT2D eigenvalue weighted by Gasteiger charge is -2.17. The highest BCUT2D eigenvalue weighted by atomic mass is 32.2. The molecule has 0 aliphatic heterocycles. The van der Waals surface area contributed by atoms with Crippen molar-refractivity contribution in [3.63, 3.8) is 0 Å². The van der Waals surface area contributed by atoms with Crippen molar-refractivity contribution in [2.75, 3.05) is 24.9 Å². The Hall–Kier alpha value is -1.87. The molecule has 0 unspecified atom stereocenters. The van der Waals surface area contributed by atoms with Crippen molar-refractivity contribution in [1.29, 1.82) is 0 Å². The van der Waals surface area contributed by atoms with E-state index in [1.807, 2.05) is 6.92 Å². The molecule has 1 heterocycles. The van der Waals surface area contributed by atoms with Gasteiger partial charge in [-0.05, 0) is 13.0 Å². The number of carboxylic acids is 1. The van der Waals surface area contributed by atoms with Crippen molar-refractivity contribution in [1.82, 2.24) is 9.29 Å². The van der Waals surface area contributed by atoms with Gasteiger partial charge in [0.05, 0.1) is 24.9 Å². The molecule has 0 aromatic carbocycles. The maximum atomic E-state index is 11.9. The highest BCUT2D eigenvalue weighted by Gasteiger charge is 2.18. The van der Waals surface area contributed by atoms with Gasteiger partial charge in [0.1, 0.15) is 0 Å². The highest BCUT2D eigenvalue weighted by Crippen LogP contribution is 2.14. The minimum atomic E-state index is -3.79. The Labute approximate surface area is 117 Å². The lowest BCUT2D eigenvalue weighted by Crippen LogP contribution is -2.34. The fourth-order valence-corrected chi connectivity index (χ4v) is 2.18. The molecular weight excluding hydrogens is 286 g/mol. The summed E-state index contributed by atoms with van der Waals surface area (Å²) >= 11 is 0. The van der Waals surface area contributed by atoms with Gasteiger partial charge < -0.3 is 9.84 Å². The van der Waals surface area contributed by atoms with E-state index in [-0.39, 0.29) is 18.7 Å². The second-order valence-corrected chi connectivity index (χ2v) is 5.67. The molecule has 8 nitrogen and oxygen atoms in total. The molecule has 0 fully saturated rings. The molecule has 20 heavy (non-hydrogen) atoms. The van der Waals surface area contributed by atoms with Crippen LogP contribution in [0.3, 0.4) is 0 Å². The van der Waals surface area contributed by atoms with Crippen LogP contribution in [-0.2, 0) is 15.0 Å². The fraction of sp³-hybridized carbons (Fsp3) is 0.455. The number of nitrogens with one attached hydrogen (secondary N) is 1. The van der Waals surface area contributed by atoms with Gasteiger partial charge in [0, 0.05) is 19.7 Å². The van der Waals surface area contributed by atoms with Crippen LogP contribution in [0.2, 0.25) is 0 Å². The van der Waals surface area contributed by atoms with Crippen LogP contribution in [0.25, 0.3) is 0 Å². The van der Waals surface area contributed by atoms with Crippen LogP contribution in [0, 0.1) is 0 Å². The predicted molar refractivity (Wildman–Crippen MR) is 72.8 cm³/mol. The summed E-state index contributed by atoms with van der Waals surface area (Å²) in [5.41, 5.74) is 0.274. The molecule has 0 aliphatic rings. The standard InChI is InChI=1S/C11H17N3O5S/c1-3-19-10-5-4-9(8-12-10)13-20(17,18)14(2)7-6-11(15)16/h4-5,8,13H,3,6-7H2,1-2H3,(H,15,16). The van der Waals surface area contributed by atoms with Crippen LogP contribution in [0.15, 0.2) is 18.3 Å². The number of nitrogens with zero attached hydrogens (tertiary/aromatic N) is 2. The molecule has 112 valence electrons. The molecule has 0 spiro atoms. The molecule has 0 amide bonds. The van der Waals surface area contributed by atoms with Crippen LogP contribution in [0.4, 0.5) is 5.69 Å².